The summed E-state index contributed by atoms with van der Waals surface area (Å²) in [6.07, 6.45) is 2.34. The molecule has 1 fully saturated rings. The molecule has 1 aromatic rings. The lowest BCUT2D eigenvalue weighted by Crippen LogP contribution is -2.34. The molecule has 1 aromatic carbocycles. The van der Waals surface area contributed by atoms with Crippen LogP contribution in [-0.4, -0.2) is 24.1 Å². The number of benzene rings is 1. The molecule has 1 heterocycles. The van der Waals surface area contributed by atoms with E-state index in [1.807, 2.05) is 24.3 Å². The number of nitrogens with one attached hydrogen (secondary N) is 2. The van der Waals surface area contributed by atoms with Crippen LogP contribution >= 0.6 is 0 Å². The van der Waals surface area contributed by atoms with E-state index in [0.717, 1.165) is 18.7 Å². The van der Waals surface area contributed by atoms with Gasteiger partial charge in [0, 0.05) is 17.7 Å². The number of amides is 1. The molecule has 0 aromatic heterocycles. The van der Waals surface area contributed by atoms with E-state index in [2.05, 4.69) is 17.6 Å². The lowest BCUT2D eigenvalue weighted by atomic mass is 9.85. The fourth-order valence-electron chi connectivity index (χ4n) is 3.00. The minimum Gasteiger partial charge on any atom is -0.389 e. The molecule has 1 aliphatic heterocycles. The summed E-state index contributed by atoms with van der Waals surface area (Å²) in [6, 6.07) is 7.42. The third-order valence-electron chi connectivity index (χ3n) is 4.33. The van der Waals surface area contributed by atoms with Crippen LogP contribution in [0.1, 0.15) is 44.8 Å². The maximum absolute atomic E-state index is 12.2. The number of carbonyl (C=O) groups excluding carboxylic acids is 1. The summed E-state index contributed by atoms with van der Waals surface area (Å²) in [6.45, 7) is 5.97. The van der Waals surface area contributed by atoms with E-state index in [1.54, 1.807) is 6.92 Å². The number of aliphatic hydroxyl groups is 1. The van der Waals surface area contributed by atoms with Crippen LogP contribution in [0.25, 0.3) is 0 Å². The number of rotatable bonds is 5. The molecule has 4 nitrogen and oxygen atoms in total. The van der Waals surface area contributed by atoms with Crippen LogP contribution < -0.4 is 10.6 Å². The smallest absolute Gasteiger partial charge is 0.224 e. The SMILES string of the molecule is CC(O)c1ccccc1NC(=O)CC(C)C1CCCNC1. The van der Waals surface area contributed by atoms with Gasteiger partial charge in [-0.1, -0.05) is 25.1 Å². The quantitative estimate of drug-likeness (QED) is 0.781. The molecule has 2 rings (SSSR count). The van der Waals surface area contributed by atoms with Gasteiger partial charge in [0.2, 0.25) is 5.91 Å². The second-order valence-corrected chi connectivity index (χ2v) is 6.10. The molecule has 0 saturated carbocycles. The first kappa shape index (κ1) is 16.0. The monoisotopic (exact) mass is 290 g/mol. The van der Waals surface area contributed by atoms with Gasteiger partial charge in [0.05, 0.1) is 6.10 Å². The van der Waals surface area contributed by atoms with Crippen molar-refractivity contribution < 1.29 is 9.90 Å². The van der Waals surface area contributed by atoms with Gasteiger partial charge < -0.3 is 15.7 Å². The van der Waals surface area contributed by atoms with E-state index in [9.17, 15) is 9.90 Å². The molecule has 3 atom stereocenters. The third kappa shape index (κ3) is 4.55. The van der Waals surface area contributed by atoms with Gasteiger partial charge in [-0.25, -0.2) is 0 Å². The summed E-state index contributed by atoms with van der Waals surface area (Å²) in [4.78, 5) is 12.2. The molecule has 0 spiro atoms. The van der Waals surface area contributed by atoms with E-state index in [-0.39, 0.29) is 5.91 Å². The summed E-state index contributed by atoms with van der Waals surface area (Å²) in [7, 11) is 0. The van der Waals surface area contributed by atoms with Gasteiger partial charge in [0.1, 0.15) is 0 Å². The van der Waals surface area contributed by atoms with E-state index in [0.29, 0.717) is 23.9 Å². The number of hydrogen-bond donors (Lipinski definition) is 3. The van der Waals surface area contributed by atoms with E-state index in [4.69, 9.17) is 0 Å². The highest BCUT2D eigenvalue weighted by molar-refractivity contribution is 5.91. The highest BCUT2D eigenvalue weighted by Crippen LogP contribution is 2.25. The van der Waals surface area contributed by atoms with Crippen LogP contribution in [0.15, 0.2) is 24.3 Å². The Morgan fingerprint density at radius 2 is 2.19 bits per heavy atom. The Kier molecular flexibility index (Phi) is 5.76. The Morgan fingerprint density at radius 3 is 2.86 bits per heavy atom. The summed E-state index contributed by atoms with van der Waals surface area (Å²) in [5.41, 5.74) is 1.48. The van der Waals surface area contributed by atoms with E-state index in [1.165, 1.54) is 12.8 Å². The largest absolute Gasteiger partial charge is 0.389 e. The summed E-state index contributed by atoms with van der Waals surface area (Å²) >= 11 is 0. The number of para-hydroxylation sites is 1. The molecule has 1 saturated heterocycles. The van der Waals surface area contributed by atoms with Crippen molar-refractivity contribution in [2.45, 2.75) is 39.2 Å². The van der Waals surface area contributed by atoms with Crippen LogP contribution in [0.4, 0.5) is 5.69 Å². The van der Waals surface area contributed by atoms with Gasteiger partial charge in [-0.2, -0.15) is 0 Å². The zero-order chi connectivity index (χ0) is 15.2. The second-order valence-electron chi connectivity index (χ2n) is 6.10. The third-order valence-corrected chi connectivity index (χ3v) is 4.33. The lowest BCUT2D eigenvalue weighted by molar-refractivity contribution is -0.117. The number of hydrogen-bond acceptors (Lipinski definition) is 3. The predicted molar refractivity (Wildman–Crippen MR) is 85.1 cm³/mol. The van der Waals surface area contributed by atoms with E-state index < -0.39 is 6.10 Å². The highest BCUT2D eigenvalue weighted by atomic mass is 16.3. The number of carbonyl (C=O) groups is 1. The van der Waals surface area contributed by atoms with Crippen molar-refractivity contribution in [1.29, 1.82) is 0 Å². The van der Waals surface area contributed by atoms with Crippen molar-refractivity contribution in [2.24, 2.45) is 11.8 Å². The van der Waals surface area contributed by atoms with Gasteiger partial charge in [-0.15, -0.1) is 0 Å². The number of aliphatic hydroxyl groups excluding tert-OH is 1. The normalized spacial score (nSPS) is 21.6. The molecular formula is C17H26N2O2. The molecule has 1 aliphatic rings. The molecular weight excluding hydrogens is 264 g/mol. The summed E-state index contributed by atoms with van der Waals surface area (Å²) in [5, 5.41) is 16.1. The fraction of sp³-hybridized carbons (Fsp3) is 0.588. The van der Waals surface area contributed by atoms with Crippen molar-refractivity contribution in [3.63, 3.8) is 0 Å². The minimum absolute atomic E-state index is 0.0289. The first-order valence-electron chi connectivity index (χ1n) is 7.85. The highest BCUT2D eigenvalue weighted by Gasteiger charge is 2.22. The Labute approximate surface area is 126 Å². The molecule has 116 valence electrons. The maximum Gasteiger partial charge on any atom is 0.224 e. The second kappa shape index (κ2) is 7.57. The summed E-state index contributed by atoms with van der Waals surface area (Å²) < 4.78 is 0. The average Bonchev–Trinajstić information content (AvgIpc) is 2.48. The first-order chi connectivity index (χ1) is 10.1. The molecule has 0 bridgehead atoms. The standard InChI is InChI=1S/C17H26N2O2/c1-12(14-6-5-9-18-11-14)10-17(21)19-16-8-4-3-7-15(16)13(2)20/h3-4,7-8,12-14,18,20H,5-6,9-11H2,1-2H3,(H,19,21). The van der Waals surface area contributed by atoms with Crippen molar-refractivity contribution in [1.82, 2.24) is 5.32 Å². The van der Waals surface area contributed by atoms with Crippen molar-refractivity contribution in [3.8, 4) is 0 Å². The Bertz CT molecular complexity index is 468. The number of piperidine rings is 1. The van der Waals surface area contributed by atoms with Crippen molar-refractivity contribution in [2.75, 3.05) is 18.4 Å². The van der Waals surface area contributed by atoms with Crippen LogP contribution in [0.5, 0.6) is 0 Å². The first-order valence-corrected chi connectivity index (χ1v) is 7.85. The van der Waals surface area contributed by atoms with Gasteiger partial charge in [-0.3, -0.25) is 4.79 Å². The van der Waals surface area contributed by atoms with Crippen LogP contribution in [0.2, 0.25) is 0 Å². The Morgan fingerprint density at radius 1 is 1.43 bits per heavy atom. The zero-order valence-electron chi connectivity index (χ0n) is 12.9. The zero-order valence-corrected chi connectivity index (χ0v) is 12.9. The van der Waals surface area contributed by atoms with Crippen molar-refractivity contribution in [3.05, 3.63) is 29.8 Å². The van der Waals surface area contributed by atoms with Gasteiger partial charge >= 0.3 is 0 Å². The van der Waals surface area contributed by atoms with Gasteiger partial charge in [0.25, 0.3) is 0 Å². The van der Waals surface area contributed by atoms with Gasteiger partial charge in [0.15, 0.2) is 0 Å². The van der Waals surface area contributed by atoms with Crippen molar-refractivity contribution >= 4 is 11.6 Å². The lowest BCUT2D eigenvalue weighted by Gasteiger charge is -2.28. The topological polar surface area (TPSA) is 61.4 Å². The van der Waals surface area contributed by atoms with Crippen LogP contribution in [-0.2, 0) is 4.79 Å². The maximum atomic E-state index is 12.2. The predicted octanol–water partition coefficient (Wildman–Crippen LogP) is 2.70. The molecule has 21 heavy (non-hydrogen) atoms. The molecule has 0 radical (unpaired) electrons. The van der Waals surface area contributed by atoms with Crippen LogP contribution in [0, 0.1) is 11.8 Å². The number of anilines is 1. The fourth-order valence-corrected chi connectivity index (χ4v) is 3.00. The molecule has 4 heteroatoms. The molecule has 1 amide bonds. The molecule has 3 N–H and O–H groups in total. The molecule has 3 unspecified atom stereocenters. The van der Waals surface area contributed by atoms with Crippen LogP contribution in [0.3, 0.4) is 0 Å². The van der Waals surface area contributed by atoms with E-state index >= 15 is 0 Å². The Balaban J connectivity index is 1.92. The minimum atomic E-state index is -0.582. The Hall–Kier alpha value is -1.39. The average molecular weight is 290 g/mol. The molecule has 0 aliphatic carbocycles. The summed E-state index contributed by atoms with van der Waals surface area (Å²) in [5.74, 6) is 0.981. The van der Waals surface area contributed by atoms with Gasteiger partial charge in [-0.05, 0) is 50.8 Å².